The predicted molar refractivity (Wildman–Crippen MR) is 76.1 cm³/mol. The molecule has 2 rings (SSSR count). The molecule has 1 aliphatic carbocycles. The number of hydrogen-bond acceptors (Lipinski definition) is 3. The average Bonchev–Trinajstić information content (AvgIpc) is 3.27. The third kappa shape index (κ3) is 3.57. The minimum Gasteiger partial charge on any atom is -0.468 e. The van der Waals surface area contributed by atoms with Crippen molar-refractivity contribution in [1.29, 1.82) is 0 Å². The van der Waals surface area contributed by atoms with Crippen molar-refractivity contribution in [3.8, 4) is 0 Å². The molecule has 0 bridgehead atoms. The van der Waals surface area contributed by atoms with E-state index in [4.69, 9.17) is 4.74 Å². The third-order valence-electron chi connectivity index (χ3n) is 3.87. The van der Waals surface area contributed by atoms with Crippen molar-refractivity contribution >= 4 is 5.97 Å². The molecule has 104 valence electrons. The summed E-state index contributed by atoms with van der Waals surface area (Å²) in [4.78, 5) is 11.9. The van der Waals surface area contributed by atoms with Gasteiger partial charge in [0.1, 0.15) is 6.04 Å². The highest BCUT2D eigenvalue weighted by atomic mass is 16.5. The molecule has 2 atom stereocenters. The SMILES string of the molecule is CCC(C)c1ccc(C(NC2CC2)C(=O)OC)cc1. The Bertz CT molecular complexity index is 423. The summed E-state index contributed by atoms with van der Waals surface area (Å²) in [6.07, 6.45) is 3.43. The Morgan fingerprint density at radius 2 is 1.89 bits per heavy atom. The van der Waals surface area contributed by atoms with Crippen LogP contribution in [0.5, 0.6) is 0 Å². The first-order valence-electron chi connectivity index (χ1n) is 7.09. The number of esters is 1. The van der Waals surface area contributed by atoms with E-state index in [1.54, 1.807) is 0 Å². The molecule has 1 aromatic rings. The summed E-state index contributed by atoms with van der Waals surface area (Å²) in [6, 6.07) is 8.46. The molecule has 1 saturated carbocycles. The zero-order chi connectivity index (χ0) is 13.8. The van der Waals surface area contributed by atoms with Gasteiger partial charge in [0, 0.05) is 6.04 Å². The molecule has 1 N–H and O–H groups in total. The fourth-order valence-corrected chi connectivity index (χ4v) is 2.16. The molecule has 1 aliphatic rings. The lowest BCUT2D eigenvalue weighted by Crippen LogP contribution is -2.31. The highest BCUT2D eigenvalue weighted by Gasteiger charge is 2.30. The molecule has 0 radical (unpaired) electrons. The van der Waals surface area contributed by atoms with Crippen LogP contribution in [-0.2, 0) is 9.53 Å². The molecule has 0 heterocycles. The van der Waals surface area contributed by atoms with Crippen LogP contribution in [0, 0.1) is 0 Å². The molecule has 0 saturated heterocycles. The van der Waals surface area contributed by atoms with Crippen molar-refractivity contribution < 1.29 is 9.53 Å². The van der Waals surface area contributed by atoms with Crippen molar-refractivity contribution in [1.82, 2.24) is 5.32 Å². The molecule has 0 spiro atoms. The molecular weight excluding hydrogens is 238 g/mol. The van der Waals surface area contributed by atoms with Gasteiger partial charge >= 0.3 is 5.97 Å². The summed E-state index contributed by atoms with van der Waals surface area (Å²) in [5, 5.41) is 3.35. The number of hydrogen-bond donors (Lipinski definition) is 1. The third-order valence-corrected chi connectivity index (χ3v) is 3.87. The highest BCUT2D eigenvalue weighted by Crippen LogP contribution is 2.26. The van der Waals surface area contributed by atoms with Gasteiger partial charge in [0.15, 0.2) is 0 Å². The van der Waals surface area contributed by atoms with Crippen LogP contribution < -0.4 is 5.32 Å². The van der Waals surface area contributed by atoms with Gasteiger partial charge in [-0.1, -0.05) is 38.1 Å². The summed E-state index contributed by atoms with van der Waals surface area (Å²) in [5.41, 5.74) is 2.31. The zero-order valence-corrected chi connectivity index (χ0v) is 12.0. The second kappa shape index (κ2) is 6.20. The highest BCUT2D eigenvalue weighted by molar-refractivity contribution is 5.77. The van der Waals surface area contributed by atoms with Gasteiger partial charge in [-0.15, -0.1) is 0 Å². The standard InChI is InChI=1S/C16H23NO2/c1-4-11(2)12-5-7-13(8-6-12)15(16(18)19-3)17-14-9-10-14/h5-8,11,14-15,17H,4,9-10H2,1-3H3. The van der Waals surface area contributed by atoms with Crippen LogP contribution >= 0.6 is 0 Å². The first-order valence-corrected chi connectivity index (χ1v) is 7.09. The van der Waals surface area contributed by atoms with E-state index in [2.05, 4.69) is 31.3 Å². The summed E-state index contributed by atoms with van der Waals surface area (Å²) in [5.74, 6) is 0.352. The van der Waals surface area contributed by atoms with Crippen LogP contribution in [0.25, 0.3) is 0 Å². The van der Waals surface area contributed by atoms with Gasteiger partial charge in [-0.2, -0.15) is 0 Å². The van der Waals surface area contributed by atoms with E-state index in [9.17, 15) is 4.79 Å². The van der Waals surface area contributed by atoms with Crippen molar-refractivity contribution in [2.24, 2.45) is 0 Å². The largest absolute Gasteiger partial charge is 0.468 e. The Morgan fingerprint density at radius 1 is 1.32 bits per heavy atom. The first kappa shape index (κ1) is 14.1. The van der Waals surface area contributed by atoms with Gasteiger partial charge in [-0.05, 0) is 36.3 Å². The number of benzene rings is 1. The molecule has 2 unspecified atom stereocenters. The average molecular weight is 261 g/mol. The lowest BCUT2D eigenvalue weighted by Gasteiger charge is -2.17. The van der Waals surface area contributed by atoms with Gasteiger partial charge in [0.2, 0.25) is 0 Å². The smallest absolute Gasteiger partial charge is 0.327 e. The normalized spacial score (nSPS) is 17.8. The maximum atomic E-state index is 11.9. The van der Waals surface area contributed by atoms with Crippen molar-refractivity contribution in [3.63, 3.8) is 0 Å². The molecule has 1 aromatic carbocycles. The molecule has 0 aromatic heterocycles. The van der Waals surface area contributed by atoms with E-state index in [1.165, 1.54) is 12.7 Å². The van der Waals surface area contributed by atoms with Gasteiger partial charge < -0.3 is 4.74 Å². The lowest BCUT2D eigenvalue weighted by atomic mass is 9.96. The Labute approximate surface area is 115 Å². The maximum absolute atomic E-state index is 11.9. The van der Waals surface area contributed by atoms with Gasteiger partial charge in [-0.25, -0.2) is 4.79 Å². The maximum Gasteiger partial charge on any atom is 0.327 e. The number of ether oxygens (including phenoxy) is 1. The summed E-state index contributed by atoms with van der Waals surface area (Å²) >= 11 is 0. The van der Waals surface area contributed by atoms with Gasteiger partial charge in [0.05, 0.1) is 7.11 Å². The topological polar surface area (TPSA) is 38.3 Å². The zero-order valence-electron chi connectivity index (χ0n) is 12.0. The lowest BCUT2D eigenvalue weighted by molar-refractivity contribution is -0.143. The Balaban J connectivity index is 2.13. The first-order chi connectivity index (χ1) is 9.15. The van der Waals surface area contributed by atoms with Crippen molar-refractivity contribution in [2.75, 3.05) is 7.11 Å². The fraction of sp³-hybridized carbons (Fsp3) is 0.562. The molecule has 19 heavy (non-hydrogen) atoms. The number of rotatable bonds is 6. The van der Waals surface area contributed by atoms with E-state index < -0.39 is 0 Å². The van der Waals surface area contributed by atoms with Gasteiger partial charge in [-0.3, -0.25) is 5.32 Å². The van der Waals surface area contributed by atoms with Crippen LogP contribution in [-0.4, -0.2) is 19.1 Å². The Morgan fingerprint density at radius 3 is 2.37 bits per heavy atom. The minimum atomic E-state index is -0.330. The van der Waals surface area contributed by atoms with Crippen LogP contribution in [0.4, 0.5) is 0 Å². The minimum absolute atomic E-state index is 0.205. The van der Waals surface area contributed by atoms with Crippen LogP contribution in [0.3, 0.4) is 0 Å². The van der Waals surface area contributed by atoms with E-state index in [0.717, 1.165) is 24.8 Å². The predicted octanol–water partition coefficient (Wildman–Crippen LogP) is 3.17. The number of methoxy groups -OCH3 is 1. The summed E-state index contributed by atoms with van der Waals surface area (Å²) in [7, 11) is 1.44. The summed E-state index contributed by atoms with van der Waals surface area (Å²) < 4.78 is 4.89. The second-order valence-electron chi connectivity index (χ2n) is 5.37. The van der Waals surface area contributed by atoms with Crippen molar-refractivity contribution in [2.45, 2.75) is 51.1 Å². The van der Waals surface area contributed by atoms with E-state index in [-0.39, 0.29) is 12.0 Å². The number of carbonyl (C=O) groups is 1. The van der Waals surface area contributed by atoms with Crippen molar-refractivity contribution in [3.05, 3.63) is 35.4 Å². The monoisotopic (exact) mass is 261 g/mol. The number of nitrogens with one attached hydrogen (secondary N) is 1. The Kier molecular flexibility index (Phi) is 4.59. The Hall–Kier alpha value is -1.35. The van der Waals surface area contributed by atoms with E-state index in [1.807, 2.05) is 12.1 Å². The van der Waals surface area contributed by atoms with Crippen LogP contribution in [0.1, 0.15) is 56.2 Å². The van der Waals surface area contributed by atoms with Crippen LogP contribution in [0.15, 0.2) is 24.3 Å². The molecule has 1 fully saturated rings. The molecular formula is C16H23NO2. The van der Waals surface area contributed by atoms with E-state index in [0.29, 0.717) is 12.0 Å². The summed E-state index contributed by atoms with van der Waals surface area (Å²) in [6.45, 7) is 4.40. The second-order valence-corrected chi connectivity index (χ2v) is 5.37. The van der Waals surface area contributed by atoms with Crippen LogP contribution in [0.2, 0.25) is 0 Å². The molecule has 0 aliphatic heterocycles. The fourth-order valence-electron chi connectivity index (χ4n) is 2.16. The van der Waals surface area contributed by atoms with E-state index >= 15 is 0 Å². The molecule has 3 nitrogen and oxygen atoms in total. The van der Waals surface area contributed by atoms with Gasteiger partial charge in [0.25, 0.3) is 0 Å². The quantitative estimate of drug-likeness (QED) is 0.799. The molecule has 3 heteroatoms. The molecule has 0 amide bonds. The number of carbonyl (C=O) groups excluding carboxylic acids is 1.